The number of carbonyl (C=O) groups is 1. The Kier molecular flexibility index (Phi) is 3.62. The summed E-state index contributed by atoms with van der Waals surface area (Å²) in [7, 11) is 0. The normalized spacial score (nSPS) is 17.6. The number of hydrogen-bond acceptors (Lipinski definition) is 2. The van der Waals surface area contributed by atoms with E-state index in [0.29, 0.717) is 0 Å². The third-order valence-corrected chi connectivity index (χ3v) is 5.18. The molecule has 2 nitrogen and oxygen atoms in total. The number of anilines is 1. The number of para-hydroxylation sites is 1. The van der Waals surface area contributed by atoms with Crippen LogP contribution in [0.2, 0.25) is 0 Å². The molecular weight excluding hydrogens is 266 g/mol. The highest BCUT2D eigenvalue weighted by Gasteiger charge is 2.20. The van der Waals surface area contributed by atoms with Crippen LogP contribution in [0.25, 0.3) is 0 Å². The summed E-state index contributed by atoms with van der Waals surface area (Å²) >= 11 is 1.66. The Hall–Kier alpha value is -1.61. The number of aryl methyl sites for hydroxylation is 2. The van der Waals surface area contributed by atoms with E-state index >= 15 is 0 Å². The molecule has 0 spiro atoms. The number of benzene rings is 1. The van der Waals surface area contributed by atoms with Crippen LogP contribution in [-0.4, -0.2) is 5.91 Å². The predicted octanol–water partition coefficient (Wildman–Crippen LogP) is 4.43. The summed E-state index contributed by atoms with van der Waals surface area (Å²) in [4.78, 5) is 14.6. The third kappa shape index (κ3) is 2.63. The van der Waals surface area contributed by atoms with Crippen LogP contribution < -0.4 is 5.32 Å². The molecule has 3 rings (SSSR count). The van der Waals surface area contributed by atoms with E-state index < -0.39 is 0 Å². The molecule has 0 aliphatic heterocycles. The van der Waals surface area contributed by atoms with Gasteiger partial charge in [-0.25, -0.2) is 0 Å². The van der Waals surface area contributed by atoms with Crippen LogP contribution in [0.5, 0.6) is 0 Å². The highest BCUT2D eigenvalue weighted by molar-refractivity contribution is 7.14. The van der Waals surface area contributed by atoms with Crippen LogP contribution >= 0.6 is 11.3 Å². The number of hydrogen-bond donors (Lipinski definition) is 1. The van der Waals surface area contributed by atoms with E-state index in [-0.39, 0.29) is 5.91 Å². The highest BCUT2D eigenvalue weighted by atomic mass is 32.1. The van der Waals surface area contributed by atoms with Gasteiger partial charge in [-0.1, -0.05) is 25.1 Å². The molecule has 20 heavy (non-hydrogen) atoms. The highest BCUT2D eigenvalue weighted by Crippen LogP contribution is 2.32. The fraction of sp³-hybridized carbons (Fsp3) is 0.353. The monoisotopic (exact) mass is 285 g/mol. The molecule has 3 heteroatoms. The average Bonchev–Trinajstić information content (AvgIpc) is 2.84. The summed E-state index contributed by atoms with van der Waals surface area (Å²) in [6, 6.07) is 9.97. The number of rotatable bonds is 2. The smallest absolute Gasteiger partial charge is 0.265 e. The van der Waals surface area contributed by atoms with Gasteiger partial charge in [0, 0.05) is 10.6 Å². The molecule has 1 aromatic carbocycles. The van der Waals surface area contributed by atoms with E-state index in [4.69, 9.17) is 0 Å². The Bertz CT molecular complexity index is 644. The first-order chi connectivity index (χ1) is 9.63. The summed E-state index contributed by atoms with van der Waals surface area (Å²) in [5.74, 6) is 0.760. The van der Waals surface area contributed by atoms with Crippen LogP contribution in [0.1, 0.15) is 39.0 Å². The lowest BCUT2D eigenvalue weighted by Crippen LogP contribution is -2.11. The predicted molar refractivity (Wildman–Crippen MR) is 84.6 cm³/mol. The van der Waals surface area contributed by atoms with Gasteiger partial charge in [0.25, 0.3) is 5.91 Å². The lowest BCUT2D eigenvalue weighted by atomic mass is 9.90. The molecule has 0 bridgehead atoms. The second-order valence-electron chi connectivity index (χ2n) is 5.68. The van der Waals surface area contributed by atoms with Gasteiger partial charge in [-0.2, -0.15) is 0 Å². The van der Waals surface area contributed by atoms with E-state index in [2.05, 4.69) is 18.3 Å². The van der Waals surface area contributed by atoms with Gasteiger partial charge in [0.05, 0.1) is 4.88 Å². The Morgan fingerprint density at radius 1 is 1.35 bits per heavy atom. The number of carbonyl (C=O) groups excluding carboxylic acids is 1. The van der Waals surface area contributed by atoms with Crippen molar-refractivity contribution in [3.8, 4) is 0 Å². The Labute approximate surface area is 123 Å². The topological polar surface area (TPSA) is 29.1 Å². The molecule has 104 valence electrons. The van der Waals surface area contributed by atoms with E-state index in [1.807, 2.05) is 31.2 Å². The summed E-state index contributed by atoms with van der Waals surface area (Å²) in [6.07, 6.45) is 3.48. The SMILES string of the molecule is Cc1ccccc1NC(=O)c1cc2c(s1)CC[C@@H](C)C2. The largest absolute Gasteiger partial charge is 0.321 e. The van der Waals surface area contributed by atoms with Crippen molar-refractivity contribution in [2.45, 2.75) is 33.1 Å². The molecule has 1 heterocycles. The number of nitrogens with one attached hydrogen (secondary N) is 1. The van der Waals surface area contributed by atoms with Crippen LogP contribution in [0, 0.1) is 12.8 Å². The Morgan fingerprint density at radius 2 is 2.15 bits per heavy atom. The standard InChI is InChI=1S/C17H19NOS/c1-11-7-8-15-13(9-11)10-16(20-15)17(19)18-14-6-4-3-5-12(14)2/h3-6,10-11H,7-9H2,1-2H3,(H,18,19)/t11-/m1/s1. The van der Waals surface area contributed by atoms with Crippen molar-refractivity contribution >= 4 is 22.9 Å². The van der Waals surface area contributed by atoms with E-state index in [1.165, 1.54) is 16.9 Å². The maximum absolute atomic E-state index is 12.4. The van der Waals surface area contributed by atoms with Gasteiger partial charge in [0.15, 0.2) is 0 Å². The number of amides is 1. The molecule has 0 saturated heterocycles. The van der Waals surface area contributed by atoms with Gasteiger partial charge in [0.1, 0.15) is 0 Å². The molecule has 2 aromatic rings. The van der Waals surface area contributed by atoms with Gasteiger partial charge in [-0.15, -0.1) is 11.3 Å². The molecule has 1 amide bonds. The van der Waals surface area contributed by atoms with Crippen molar-refractivity contribution < 1.29 is 4.79 Å². The van der Waals surface area contributed by atoms with Gasteiger partial charge < -0.3 is 5.32 Å². The van der Waals surface area contributed by atoms with E-state index in [0.717, 1.165) is 34.9 Å². The quantitative estimate of drug-likeness (QED) is 0.868. The van der Waals surface area contributed by atoms with E-state index in [1.54, 1.807) is 11.3 Å². The molecule has 1 N–H and O–H groups in total. The molecule has 0 unspecified atom stereocenters. The lowest BCUT2D eigenvalue weighted by molar-refractivity contribution is 0.103. The van der Waals surface area contributed by atoms with Crippen molar-refractivity contribution in [2.24, 2.45) is 5.92 Å². The third-order valence-electron chi connectivity index (χ3n) is 3.95. The van der Waals surface area contributed by atoms with Crippen molar-refractivity contribution in [2.75, 3.05) is 5.32 Å². The molecule has 1 aliphatic rings. The lowest BCUT2D eigenvalue weighted by Gasteiger charge is -2.16. The first-order valence-corrected chi connectivity index (χ1v) is 7.93. The van der Waals surface area contributed by atoms with Gasteiger partial charge in [0.2, 0.25) is 0 Å². The minimum atomic E-state index is 0.0198. The van der Waals surface area contributed by atoms with Gasteiger partial charge in [-0.05, 0) is 55.4 Å². The Morgan fingerprint density at radius 3 is 2.95 bits per heavy atom. The van der Waals surface area contributed by atoms with Crippen molar-refractivity contribution in [1.29, 1.82) is 0 Å². The van der Waals surface area contributed by atoms with Crippen molar-refractivity contribution in [3.63, 3.8) is 0 Å². The molecule has 1 aliphatic carbocycles. The zero-order valence-electron chi connectivity index (χ0n) is 11.9. The zero-order chi connectivity index (χ0) is 14.1. The summed E-state index contributed by atoms with van der Waals surface area (Å²) < 4.78 is 0. The molecule has 0 radical (unpaired) electrons. The Balaban J connectivity index is 1.80. The van der Waals surface area contributed by atoms with Crippen LogP contribution in [0.3, 0.4) is 0 Å². The maximum atomic E-state index is 12.4. The molecule has 0 fully saturated rings. The first kappa shape index (κ1) is 13.4. The summed E-state index contributed by atoms with van der Waals surface area (Å²) in [6.45, 7) is 4.30. The maximum Gasteiger partial charge on any atom is 0.265 e. The van der Waals surface area contributed by atoms with Crippen LogP contribution in [-0.2, 0) is 12.8 Å². The van der Waals surface area contributed by atoms with Crippen molar-refractivity contribution in [1.82, 2.24) is 0 Å². The van der Waals surface area contributed by atoms with Crippen molar-refractivity contribution in [3.05, 3.63) is 51.2 Å². The number of thiophene rings is 1. The van der Waals surface area contributed by atoms with E-state index in [9.17, 15) is 4.79 Å². The fourth-order valence-electron chi connectivity index (χ4n) is 2.71. The minimum Gasteiger partial charge on any atom is -0.321 e. The number of fused-ring (bicyclic) bond motifs is 1. The minimum absolute atomic E-state index is 0.0198. The molecule has 1 aromatic heterocycles. The summed E-state index contributed by atoms with van der Waals surface area (Å²) in [5, 5.41) is 3.02. The first-order valence-electron chi connectivity index (χ1n) is 7.12. The molecular formula is C17H19NOS. The second-order valence-corrected chi connectivity index (χ2v) is 6.81. The molecule has 0 saturated carbocycles. The van der Waals surface area contributed by atoms with Gasteiger partial charge in [-0.3, -0.25) is 4.79 Å². The second kappa shape index (κ2) is 5.41. The molecule has 1 atom stereocenters. The zero-order valence-corrected chi connectivity index (χ0v) is 12.7. The average molecular weight is 285 g/mol. The summed E-state index contributed by atoms with van der Waals surface area (Å²) in [5.41, 5.74) is 3.37. The van der Waals surface area contributed by atoms with Gasteiger partial charge >= 0.3 is 0 Å². The van der Waals surface area contributed by atoms with Crippen LogP contribution in [0.15, 0.2) is 30.3 Å². The fourth-order valence-corrected chi connectivity index (χ4v) is 3.82. The van der Waals surface area contributed by atoms with Crippen LogP contribution in [0.4, 0.5) is 5.69 Å².